The van der Waals surface area contributed by atoms with E-state index in [9.17, 15) is 0 Å². The molecule has 0 aliphatic heterocycles. The first kappa shape index (κ1) is 13.0. The Morgan fingerprint density at radius 3 is 2.59 bits per heavy atom. The Kier molecular flexibility index (Phi) is 4.97. The van der Waals surface area contributed by atoms with Gasteiger partial charge in [-0.1, -0.05) is 18.7 Å². The van der Waals surface area contributed by atoms with Crippen LogP contribution in [0.2, 0.25) is 0 Å². The Bertz CT molecular complexity index is 432. The molecule has 0 unspecified atom stereocenters. The molecule has 1 rings (SSSR count). The van der Waals surface area contributed by atoms with Gasteiger partial charge in [0.2, 0.25) is 0 Å². The number of aliphatic imine (C=N–C) groups is 1. The summed E-state index contributed by atoms with van der Waals surface area (Å²) in [6.07, 6.45) is 3.17. The second kappa shape index (κ2) is 6.50. The van der Waals surface area contributed by atoms with Crippen molar-refractivity contribution < 1.29 is 4.74 Å². The third-order valence-electron chi connectivity index (χ3n) is 2.00. The summed E-state index contributed by atoms with van der Waals surface area (Å²) in [6.45, 7) is 6.04. The number of rotatable bonds is 5. The molecule has 0 aromatic heterocycles. The first-order valence-corrected chi connectivity index (χ1v) is 5.27. The van der Waals surface area contributed by atoms with Gasteiger partial charge in [-0.3, -0.25) is 0 Å². The molecule has 0 aliphatic rings. The van der Waals surface area contributed by atoms with Crippen molar-refractivity contribution in [2.24, 2.45) is 16.5 Å². The number of nitrogens with zero attached hydrogens (tertiary/aromatic N) is 1. The molecular formula is C13H17N3O. The van der Waals surface area contributed by atoms with E-state index in [1.807, 2.05) is 24.3 Å². The highest BCUT2D eigenvalue weighted by Crippen LogP contribution is 2.15. The molecule has 0 bridgehead atoms. The number of hydrogen-bond acceptors (Lipinski definition) is 4. The quantitative estimate of drug-likeness (QED) is 0.462. The predicted molar refractivity (Wildman–Crippen MR) is 70.5 cm³/mol. The number of allylic oxidation sites excluding steroid dienone is 1. The molecule has 0 aliphatic carbocycles. The second-order valence-corrected chi connectivity index (χ2v) is 3.37. The largest absolute Gasteiger partial charge is 0.458 e. The van der Waals surface area contributed by atoms with Crippen molar-refractivity contribution in [2.75, 3.05) is 0 Å². The SMILES string of the molecule is C=C(/C=C(/N)N=CC)Oc1ccc(CN)cc1. The number of benzene rings is 1. The summed E-state index contributed by atoms with van der Waals surface area (Å²) in [6, 6.07) is 7.47. The zero-order valence-electron chi connectivity index (χ0n) is 9.89. The van der Waals surface area contributed by atoms with E-state index in [0.717, 1.165) is 5.56 Å². The third-order valence-corrected chi connectivity index (χ3v) is 2.00. The lowest BCUT2D eigenvalue weighted by Gasteiger charge is -2.06. The van der Waals surface area contributed by atoms with Gasteiger partial charge in [-0.25, -0.2) is 4.99 Å². The summed E-state index contributed by atoms with van der Waals surface area (Å²) in [7, 11) is 0. The van der Waals surface area contributed by atoms with Gasteiger partial charge in [-0.15, -0.1) is 0 Å². The van der Waals surface area contributed by atoms with Gasteiger partial charge in [0.1, 0.15) is 17.3 Å². The van der Waals surface area contributed by atoms with Crippen molar-refractivity contribution in [2.45, 2.75) is 13.5 Å². The molecule has 1 aromatic carbocycles. The van der Waals surface area contributed by atoms with Crippen LogP contribution < -0.4 is 16.2 Å². The maximum Gasteiger partial charge on any atom is 0.127 e. The summed E-state index contributed by atoms with van der Waals surface area (Å²) in [5.74, 6) is 1.49. The van der Waals surface area contributed by atoms with E-state index < -0.39 is 0 Å². The van der Waals surface area contributed by atoms with Crippen LogP contribution in [0.4, 0.5) is 0 Å². The lowest BCUT2D eigenvalue weighted by molar-refractivity contribution is 0.446. The molecule has 0 saturated heterocycles. The van der Waals surface area contributed by atoms with Crippen molar-refractivity contribution >= 4 is 6.21 Å². The zero-order valence-corrected chi connectivity index (χ0v) is 9.89. The Balaban J connectivity index is 2.64. The molecule has 0 heterocycles. The maximum absolute atomic E-state index is 5.59. The van der Waals surface area contributed by atoms with Crippen molar-refractivity contribution in [1.82, 2.24) is 0 Å². The number of hydrogen-bond donors (Lipinski definition) is 2. The lowest BCUT2D eigenvalue weighted by Crippen LogP contribution is -1.99. The van der Waals surface area contributed by atoms with E-state index in [2.05, 4.69) is 11.6 Å². The fourth-order valence-corrected chi connectivity index (χ4v) is 1.23. The molecule has 4 nitrogen and oxygen atoms in total. The van der Waals surface area contributed by atoms with Crippen LogP contribution in [0, 0.1) is 0 Å². The van der Waals surface area contributed by atoms with Gasteiger partial charge in [-0.2, -0.15) is 0 Å². The normalized spacial score (nSPS) is 11.8. The monoisotopic (exact) mass is 231 g/mol. The van der Waals surface area contributed by atoms with Gasteiger partial charge in [0, 0.05) is 18.8 Å². The van der Waals surface area contributed by atoms with Gasteiger partial charge in [-0.05, 0) is 24.6 Å². The van der Waals surface area contributed by atoms with Crippen molar-refractivity contribution in [3.05, 3.63) is 54.1 Å². The molecule has 4 heteroatoms. The average molecular weight is 231 g/mol. The zero-order chi connectivity index (χ0) is 12.7. The van der Waals surface area contributed by atoms with Crippen LogP contribution in [0.25, 0.3) is 0 Å². The van der Waals surface area contributed by atoms with Crippen LogP contribution in [0.15, 0.2) is 53.5 Å². The maximum atomic E-state index is 5.59. The van der Waals surface area contributed by atoms with Gasteiger partial charge >= 0.3 is 0 Å². The van der Waals surface area contributed by atoms with Crippen LogP contribution in [-0.2, 0) is 6.54 Å². The standard InChI is InChI=1S/C13H17N3O/c1-3-16-13(15)8-10(2)17-12-6-4-11(9-14)5-7-12/h3-8H,2,9,14-15H2,1H3/b13-8-,16-3?. The molecule has 17 heavy (non-hydrogen) atoms. The topological polar surface area (TPSA) is 73.6 Å². The van der Waals surface area contributed by atoms with E-state index >= 15 is 0 Å². The minimum Gasteiger partial charge on any atom is -0.458 e. The summed E-state index contributed by atoms with van der Waals surface area (Å²) < 4.78 is 5.47. The molecule has 0 atom stereocenters. The van der Waals surface area contributed by atoms with Crippen LogP contribution >= 0.6 is 0 Å². The number of ether oxygens (including phenoxy) is 1. The first-order valence-electron chi connectivity index (χ1n) is 5.27. The van der Waals surface area contributed by atoms with Crippen molar-refractivity contribution in [1.29, 1.82) is 0 Å². The fourth-order valence-electron chi connectivity index (χ4n) is 1.23. The molecule has 0 amide bonds. The first-order chi connectivity index (χ1) is 8.15. The van der Waals surface area contributed by atoms with Crippen LogP contribution in [0.3, 0.4) is 0 Å². The van der Waals surface area contributed by atoms with E-state index in [4.69, 9.17) is 16.2 Å². The molecule has 1 aromatic rings. The highest BCUT2D eigenvalue weighted by molar-refractivity contribution is 5.55. The van der Waals surface area contributed by atoms with Gasteiger partial charge in [0.25, 0.3) is 0 Å². The fraction of sp³-hybridized carbons (Fsp3) is 0.154. The molecule has 0 spiro atoms. The summed E-state index contributed by atoms with van der Waals surface area (Å²) in [5, 5.41) is 0. The van der Waals surface area contributed by atoms with Gasteiger partial charge in [0.05, 0.1) is 0 Å². The predicted octanol–water partition coefficient (Wildman–Crippen LogP) is 1.93. The Hall–Kier alpha value is -2.07. The Morgan fingerprint density at radius 1 is 1.41 bits per heavy atom. The van der Waals surface area contributed by atoms with E-state index in [-0.39, 0.29) is 0 Å². The van der Waals surface area contributed by atoms with Crippen LogP contribution in [-0.4, -0.2) is 6.21 Å². The van der Waals surface area contributed by atoms with E-state index in [0.29, 0.717) is 23.9 Å². The van der Waals surface area contributed by atoms with Crippen LogP contribution in [0.5, 0.6) is 5.75 Å². The lowest BCUT2D eigenvalue weighted by atomic mass is 10.2. The van der Waals surface area contributed by atoms with Gasteiger partial charge < -0.3 is 16.2 Å². The van der Waals surface area contributed by atoms with E-state index in [1.165, 1.54) is 0 Å². The van der Waals surface area contributed by atoms with Crippen LogP contribution in [0.1, 0.15) is 12.5 Å². The minimum atomic E-state index is 0.357. The average Bonchev–Trinajstić information content (AvgIpc) is 2.30. The molecular weight excluding hydrogens is 214 g/mol. The van der Waals surface area contributed by atoms with Gasteiger partial charge in [0.15, 0.2) is 0 Å². The highest BCUT2D eigenvalue weighted by Gasteiger charge is 1.97. The molecule has 0 radical (unpaired) electrons. The molecule has 0 saturated carbocycles. The summed E-state index contributed by atoms with van der Waals surface area (Å²) in [5.41, 5.74) is 12.1. The summed E-state index contributed by atoms with van der Waals surface area (Å²) in [4.78, 5) is 3.89. The van der Waals surface area contributed by atoms with E-state index in [1.54, 1.807) is 19.2 Å². The van der Waals surface area contributed by atoms with Crippen molar-refractivity contribution in [3.63, 3.8) is 0 Å². The molecule has 90 valence electrons. The molecule has 0 fully saturated rings. The minimum absolute atomic E-state index is 0.357. The van der Waals surface area contributed by atoms with Crippen molar-refractivity contribution in [3.8, 4) is 5.75 Å². The summed E-state index contributed by atoms with van der Waals surface area (Å²) >= 11 is 0. The number of nitrogens with two attached hydrogens (primary N) is 2. The highest BCUT2D eigenvalue weighted by atomic mass is 16.5. The molecule has 4 N–H and O–H groups in total. The second-order valence-electron chi connectivity index (χ2n) is 3.37. The Labute approximate surface area is 101 Å². The smallest absolute Gasteiger partial charge is 0.127 e. The Morgan fingerprint density at radius 2 is 2.06 bits per heavy atom. The third kappa shape index (κ3) is 4.53.